The molecule has 1 aromatic rings. The molecule has 1 amide bonds. The van der Waals surface area contributed by atoms with Crippen molar-refractivity contribution in [2.24, 2.45) is 0 Å². The number of halogens is 1. The number of amides is 1. The molecule has 88 valence electrons. The molecular formula is C12H16ClNO2. The van der Waals surface area contributed by atoms with E-state index in [0.29, 0.717) is 17.0 Å². The Hall–Kier alpha value is -1.06. The molecule has 3 nitrogen and oxygen atoms in total. The highest BCUT2D eigenvalue weighted by Gasteiger charge is 2.23. The summed E-state index contributed by atoms with van der Waals surface area (Å²) in [7, 11) is 0. The highest BCUT2D eigenvalue weighted by atomic mass is 35.5. The van der Waals surface area contributed by atoms with Crippen LogP contribution in [0, 0.1) is 0 Å². The molecule has 2 N–H and O–H groups in total. The SMILES string of the molecule is CCC(C)(CO)NC(=O)c1ccc(Cl)cc1. The Labute approximate surface area is 100 Å². The lowest BCUT2D eigenvalue weighted by molar-refractivity contribution is 0.0847. The van der Waals surface area contributed by atoms with Crippen LogP contribution in [0.25, 0.3) is 0 Å². The van der Waals surface area contributed by atoms with Crippen LogP contribution in [-0.2, 0) is 0 Å². The molecule has 0 radical (unpaired) electrons. The van der Waals surface area contributed by atoms with Gasteiger partial charge in [-0.15, -0.1) is 0 Å². The third-order valence-electron chi connectivity index (χ3n) is 2.65. The minimum absolute atomic E-state index is 0.0805. The van der Waals surface area contributed by atoms with Crippen LogP contribution in [0.2, 0.25) is 5.02 Å². The predicted octanol–water partition coefficient (Wildman–Crippen LogP) is 2.23. The molecule has 0 saturated heterocycles. The van der Waals surface area contributed by atoms with Gasteiger partial charge >= 0.3 is 0 Å². The van der Waals surface area contributed by atoms with Crippen molar-refractivity contribution in [3.05, 3.63) is 34.9 Å². The number of carbonyl (C=O) groups is 1. The first-order valence-electron chi connectivity index (χ1n) is 5.19. The van der Waals surface area contributed by atoms with Crippen LogP contribution in [0.4, 0.5) is 0 Å². The fourth-order valence-corrected chi connectivity index (χ4v) is 1.31. The quantitative estimate of drug-likeness (QED) is 0.849. The van der Waals surface area contributed by atoms with Crippen molar-refractivity contribution < 1.29 is 9.90 Å². The number of nitrogens with one attached hydrogen (secondary N) is 1. The molecular weight excluding hydrogens is 226 g/mol. The van der Waals surface area contributed by atoms with E-state index in [-0.39, 0.29) is 12.5 Å². The lowest BCUT2D eigenvalue weighted by Crippen LogP contribution is -2.48. The normalized spacial score (nSPS) is 14.2. The van der Waals surface area contributed by atoms with Gasteiger partial charge in [0.05, 0.1) is 12.1 Å². The van der Waals surface area contributed by atoms with E-state index >= 15 is 0 Å². The van der Waals surface area contributed by atoms with Gasteiger partial charge in [0.25, 0.3) is 5.91 Å². The zero-order valence-corrected chi connectivity index (χ0v) is 10.2. The van der Waals surface area contributed by atoms with E-state index in [9.17, 15) is 9.90 Å². The van der Waals surface area contributed by atoms with E-state index in [2.05, 4.69) is 5.32 Å². The summed E-state index contributed by atoms with van der Waals surface area (Å²) in [6, 6.07) is 6.65. The Balaban J connectivity index is 2.76. The Morgan fingerprint density at radius 1 is 1.44 bits per heavy atom. The standard InChI is InChI=1S/C12H16ClNO2/c1-3-12(2,8-15)14-11(16)9-4-6-10(13)7-5-9/h4-7,15H,3,8H2,1-2H3,(H,14,16). The summed E-state index contributed by atoms with van der Waals surface area (Å²) >= 11 is 5.73. The predicted molar refractivity (Wildman–Crippen MR) is 64.7 cm³/mol. The molecule has 0 aliphatic rings. The van der Waals surface area contributed by atoms with Crippen LogP contribution in [0.1, 0.15) is 30.6 Å². The second kappa shape index (κ2) is 5.32. The van der Waals surface area contributed by atoms with E-state index < -0.39 is 5.54 Å². The van der Waals surface area contributed by atoms with Gasteiger partial charge in [0.2, 0.25) is 0 Å². The van der Waals surface area contributed by atoms with Crippen molar-refractivity contribution in [2.75, 3.05) is 6.61 Å². The summed E-state index contributed by atoms with van der Waals surface area (Å²) in [6.07, 6.45) is 0.669. The summed E-state index contributed by atoms with van der Waals surface area (Å²) in [6.45, 7) is 3.64. The zero-order valence-electron chi connectivity index (χ0n) is 9.46. The van der Waals surface area contributed by atoms with Gasteiger partial charge in [-0.05, 0) is 37.6 Å². The van der Waals surface area contributed by atoms with Crippen molar-refractivity contribution in [2.45, 2.75) is 25.8 Å². The number of hydrogen-bond acceptors (Lipinski definition) is 2. The maximum absolute atomic E-state index is 11.8. The first-order chi connectivity index (χ1) is 7.50. The number of hydrogen-bond donors (Lipinski definition) is 2. The summed E-state index contributed by atoms with van der Waals surface area (Å²) in [5.74, 6) is -0.199. The molecule has 4 heteroatoms. The lowest BCUT2D eigenvalue weighted by atomic mass is 9.99. The molecule has 1 rings (SSSR count). The van der Waals surface area contributed by atoms with Gasteiger partial charge < -0.3 is 10.4 Å². The minimum Gasteiger partial charge on any atom is -0.394 e. The smallest absolute Gasteiger partial charge is 0.251 e. The van der Waals surface area contributed by atoms with Crippen LogP contribution >= 0.6 is 11.6 Å². The zero-order chi connectivity index (χ0) is 12.2. The van der Waals surface area contributed by atoms with E-state index in [1.54, 1.807) is 31.2 Å². The Morgan fingerprint density at radius 2 is 2.00 bits per heavy atom. The third-order valence-corrected chi connectivity index (χ3v) is 2.90. The van der Waals surface area contributed by atoms with Gasteiger partial charge in [-0.3, -0.25) is 4.79 Å². The summed E-state index contributed by atoms with van der Waals surface area (Å²) in [5, 5.41) is 12.6. The number of carbonyl (C=O) groups excluding carboxylic acids is 1. The molecule has 0 aliphatic carbocycles. The molecule has 16 heavy (non-hydrogen) atoms. The molecule has 0 spiro atoms. The first kappa shape index (κ1) is 13.0. The van der Waals surface area contributed by atoms with Crippen LogP contribution in [0.15, 0.2) is 24.3 Å². The van der Waals surface area contributed by atoms with Crippen molar-refractivity contribution in [1.82, 2.24) is 5.32 Å². The Bertz CT molecular complexity index is 358. The summed E-state index contributed by atoms with van der Waals surface area (Å²) < 4.78 is 0. The Morgan fingerprint density at radius 3 is 2.44 bits per heavy atom. The Kier molecular flexibility index (Phi) is 4.33. The molecule has 0 bridgehead atoms. The molecule has 0 aliphatic heterocycles. The third kappa shape index (κ3) is 3.22. The van der Waals surface area contributed by atoms with E-state index in [0.717, 1.165) is 0 Å². The number of aliphatic hydroxyl groups excluding tert-OH is 1. The highest BCUT2D eigenvalue weighted by molar-refractivity contribution is 6.30. The second-order valence-corrected chi connectivity index (χ2v) is 4.47. The molecule has 0 saturated carbocycles. The lowest BCUT2D eigenvalue weighted by Gasteiger charge is -2.27. The van der Waals surface area contributed by atoms with Crippen molar-refractivity contribution >= 4 is 17.5 Å². The average molecular weight is 242 g/mol. The fraction of sp³-hybridized carbons (Fsp3) is 0.417. The molecule has 0 heterocycles. The van der Waals surface area contributed by atoms with Gasteiger partial charge in [0.1, 0.15) is 0 Å². The van der Waals surface area contributed by atoms with E-state index in [1.165, 1.54) is 0 Å². The van der Waals surface area contributed by atoms with Gasteiger partial charge in [-0.25, -0.2) is 0 Å². The maximum atomic E-state index is 11.8. The molecule has 1 atom stereocenters. The largest absolute Gasteiger partial charge is 0.394 e. The highest BCUT2D eigenvalue weighted by Crippen LogP contribution is 2.12. The van der Waals surface area contributed by atoms with E-state index in [1.807, 2.05) is 6.92 Å². The van der Waals surface area contributed by atoms with Gasteiger partial charge in [0, 0.05) is 10.6 Å². The average Bonchev–Trinajstić information content (AvgIpc) is 2.29. The minimum atomic E-state index is -0.573. The van der Waals surface area contributed by atoms with Crippen LogP contribution in [0.3, 0.4) is 0 Å². The molecule has 1 unspecified atom stereocenters. The topological polar surface area (TPSA) is 49.3 Å². The van der Waals surface area contributed by atoms with E-state index in [4.69, 9.17) is 11.6 Å². The van der Waals surface area contributed by atoms with Crippen molar-refractivity contribution in [3.8, 4) is 0 Å². The summed E-state index contributed by atoms with van der Waals surface area (Å²) in [5.41, 5.74) is -0.0333. The second-order valence-electron chi connectivity index (χ2n) is 4.03. The monoisotopic (exact) mass is 241 g/mol. The number of aliphatic hydroxyl groups is 1. The van der Waals surface area contributed by atoms with Gasteiger partial charge in [0.15, 0.2) is 0 Å². The molecule has 0 fully saturated rings. The van der Waals surface area contributed by atoms with Gasteiger partial charge in [-0.1, -0.05) is 18.5 Å². The number of rotatable bonds is 4. The van der Waals surface area contributed by atoms with Crippen LogP contribution < -0.4 is 5.32 Å². The maximum Gasteiger partial charge on any atom is 0.251 e. The van der Waals surface area contributed by atoms with Crippen LogP contribution in [0.5, 0.6) is 0 Å². The van der Waals surface area contributed by atoms with Crippen molar-refractivity contribution in [3.63, 3.8) is 0 Å². The first-order valence-corrected chi connectivity index (χ1v) is 5.57. The summed E-state index contributed by atoms with van der Waals surface area (Å²) in [4.78, 5) is 11.8. The molecule has 1 aromatic carbocycles. The number of benzene rings is 1. The van der Waals surface area contributed by atoms with Crippen LogP contribution in [-0.4, -0.2) is 23.2 Å². The van der Waals surface area contributed by atoms with Crippen molar-refractivity contribution in [1.29, 1.82) is 0 Å². The fourth-order valence-electron chi connectivity index (χ4n) is 1.19. The van der Waals surface area contributed by atoms with Gasteiger partial charge in [-0.2, -0.15) is 0 Å². The molecule has 0 aromatic heterocycles.